The van der Waals surface area contributed by atoms with Gasteiger partial charge in [-0.3, -0.25) is 4.79 Å². The molecule has 0 rings (SSSR count). The molecular formula is C12H25NO2. The molecule has 0 radical (unpaired) electrons. The van der Waals surface area contributed by atoms with Crippen LogP contribution in [0.3, 0.4) is 0 Å². The molecular weight excluding hydrogens is 190 g/mol. The van der Waals surface area contributed by atoms with E-state index in [0.29, 0.717) is 18.5 Å². The monoisotopic (exact) mass is 215 g/mol. The number of carbonyl (C=O) groups is 1. The summed E-state index contributed by atoms with van der Waals surface area (Å²) in [6.45, 7) is 12.4. The molecule has 0 aliphatic rings. The first-order valence-electron chi connectivity index (χ1n) is 5.71. The van der Waals surface area contributed by atoms with E-state index in [-0.39, 0.29) is 5.97 Å². The Labute approximate surface area is 93.6 Å². The largest absolute Gasteiger partial charge is 0.459 e. The lowest BCUT2D eigenvalue weighted by atomic mass is 10.0. The van der Waals surface area contributed by atoms with Gasteiger partial charge < -0.3 is 10.1 Å². The minimum Gasteiger partial charge on any atom is -0.459 e. The molecule has 0 aliphatic heterocycles. The number of hydrogen-bond acceptors (Lipinski definition) is 3. The van der Waals surface area contributed by atoms with Crippen LogP contribution in [0.25, 0.3) is 0 Å². The van der Waals surface area contributed by atoms with E-state index in [1.165, 1.54) is 0 Å². The summed E-state index contributed by atoms with van der Waals surface area (Å²) in [7, 11) is 0. The van der Waals surface area contributed by atoms with Crippen molar-refractivity contribution in [3.05, 3.63) is 0 Å². The summed E-state index contributed by atoms with van der Waals surface area (Å²) in [5.41, 5.74) is -0.391. The lowest BCUT2D eigenvalue weighted by molar-refractivity contribution is -0.153. The van der Waals surface area contributed by atoms with Crippen LogP contribution in [0, 0.1) is 5.92 Å². The molecule has 3 nitrogen and oxygen atoms in total. The number of esters is 1. The Morgan fingerprint density at radius 2 is 1.87 bits per heavy atom. The van der Waals surface area contributed by atoms with Crippen LogP contribution < -0.4 is 5.32 Å². The van der Waals surface area contributed by atoms with Crippen molar-refractivity contribution in [2.75, 3.05) is 6.54 Å². The zero-order valence-corrected chi connectivity index (χ0v) is 10.9. The molecule has 1 atom stereocenters. The molecule has 0 amide bonds. The maximum atomic E-state index is 11.4. The highest BCUT2D eigenvalue weighted by molar-refractivity contribution is 5.72. The van der Waals surface area contributed by atoms with Crippen molar-refractivity contribution in [3.8, 4) is 0 Å². The minimum absolute atomic E-state index is 0.179. The molecule has 0 heterocycles. The first kappa shape index (κ1) is 14.4. The topological polar surface area (TPSA) is 38.3 Å². The van der Waals surface area contributed by atoms with Crippen LogP contribution in [0.5, 0.6) is 0 Å². The average molecular weight is 215 g/mol. The van der Waals surface area contributed by atoms with Crippen molar-refractivity contribution < 1.29 is 9.53 Å². The molecule has 0 aromatic rings. The number of nitrogens with one attached hydrogen (secondary N) is 1. The Balaban J connectivity index is 3.89. The Bertz CT molecular complexity index is 194. The number of rotatable bonds is 5. The van der Waals surface area contributed by atoms with Crippen molar-refractivity contribution in [3.63, 3.8) is 0 Å². The van der Waals surface area contributed by atoms with Gasteiger partial charge in [0.15, 0.2) is 0 Å². The van der Waals surface area contributed by atoms with E-state index in [2.05, 4.69) is 26.1 Å². The van der Waals surface area contributed by atoms with E-state index < -0.39 is 5.60 Å². The maximum absolute atomic E-state index is 11.4. The first-order chi connectivity index (χ1) is 6.76. The molecule has 1 N–H and O–H groups in total. The molecule has 0 saturated carbocycles. The fourth-order valence-corrected chi connectivity index (χ4v) is 1.44. The SMILES string of the molecule is CCC(NCC(=O)OC(C)(C)C)C(C)C. The van der Waals surface area contributed by atoms with Gasteiger partial charge in [0.05, 0.1) is 6.54 Å². The molecule has 0 aromatic heterocycles. The van der Waals surface area contributed by atoms with Crippen LogP contribution in [0.1, 0.15) is 48.0 Å². The van der Waals surface area contributed by atoms with Gasteiger partial charge in [-0.15, -0.1) is 0 Å². The average Bonchev–Trinajstić information content (AvgIpc) is 2.01. The van der Waals surface area contributed by atoms with Gasteiger partial charge in [0.2, 0.25) is 0 Å². The summed E-state index contributed by atoms with van der Waals surface area (Å²) in [6.07, 6.45) is 1.03. The van der Waals surface area contributed by atoms with Gasteiger partial charge >= 0.3 is 5.97 Å². The second-order valence-electron chi connectivity index (χ2n) is 5.23. The van der Waals surface area contributed by atoms with E-state index in [4.69, 9.17) is 4.74 Å². The molecule has 0 fully saturated rings. The third kappa shape index (κ3) is 7.37. The van der Waals surface area contributed by atoms with E-state index in [9.17, 15) is 4.79 Å². The van der Waals surface area contributed by atoms with Crippen molar-refractivity contribution in [2.45, 2.75) is 59.6 Å². The molecule has 0 aromatic carbocycles. The third-order valence-electron chi connectivity index (χ3n) is 2.17. The molecule has 0 bridgehead atoms. The quantitative estimate of drug-likeness (QED) is 0.715. The first-order valence-corrected chi connectivity index (χ1v) is 5.71. The predicted molar refractivity (Wildman–Crippen MR) is 62.8 cm³/mol. The van der Waals surface area contributed by atoms with Crippen LogP contribution in [0.2, 0.25) is 0 Å². The van der Waals surface area contributed by atoms with Gasteiger partial charge in [-0.1, -0.05) is 20.8 Å². The summed E-state index contributed by atoms with van der Waals surface area (Å²) < 4.78 is 5.21. The van der Waals surface area contributed by atoms with Crippen molar-refractivity contribution in [1.29, 1.82) is 0 Å². The van der Waals surface area contributed by atoms with E-state index >= 15 is 0 Å². The summed E-state index contributed by atoms with van der Waals surface area (Å²) in [4.78, 5) is 11.4. The highest BCUT2D eigenvalue weighted by atomic mass is 16.6. The molecule has 90 valence electrons. The Kier molecular flexibility index (Phi) is 5.88. The Hall–Kier alpha value is -0.570. The van der Waals surface area contributed by atoms with Crippen LogP contribution >= 0.6 is 0 Å². The maximum Gasteiger partial charge on any atom is 0.320 e. The van der Waals surface area contributed by atoms with E-state index in [1.807, 2.05) is 20.8 Å². The number of carbonyl (C=O) groups excluding carboxylic acids is 1. The molecule has 15 heavy (non-hydrogen) atoms. The van der Waals surface area contributed by atoms with Gasteiger partial charge in [-0.05, 0) is 33.1 Å². The number of ether oxygens (including phenoxy) is 1. The summed E-state index contributed by atoms with van der Waals surface area (Å²) >= 11 is 0. The van der Waals surface area contributed by atoms with Crippen molar-refractivity contribution in [1.82, 2.24) is 5.32 Å². The van der Waals surface area contributed by atoms with Gasteiger partial charge in [0.25, 0.3) is 0 Å². The smallest absolute Gasteiger partial charge is 0.320 e. The normalized spacial score (nSPS) is 14.1. The predicted octanol–water partition coefficient (Wildman–Crippen LogP) is 2.35. The van der Waals surface area contributed by atoms with E-state index in [0.717, 1.165) is 6.42 Å². The van der Waals surface area contributed by atoms with Crippen LogP contribution in [0.4, 0.5) is 0 Å². The third-order valence-corrected chi connectivity index (χ3v) is 2.17. The minimum atomic E-state index is -0.391. The fourth-order valence-electron chi connectivity index (χ4n) is 1.44. The van der Waals surface area contributed by atoms with Crippen LogP contribution in [-0.4, -0.2) is 24.2 Å². The van der Waals surface area contributed by atoms with Gasteiger partial charge in [0.1, 0.15) is 5.60 Å². The van der Waals surface area contributed by atoms with Crippen LogP contribution in [-0.2, 0) is 9.53 Å². The fraction of sp³-hybridized carbons (Fsp3) is 0.917. The molecule has 0 spiro atoms. The zero-order valence-electron chi connectivity index (χ0n) is 10.9. The summed E-state index contributed by atoms with van der Waals surface area (Å²) in [5.74, 6) is 0.360. The molecule has 3 heteroatoms. The lowest BCUT2D eigenvalue weighted by Gasteiger charge is -2.23. The van der Waals surface area contributed by atoms with Crippen molar-refractivity contribution in [2.24, 2.45) is 5.92 Å². The zero-order chi connectivity index (χ0) is 12.1. The molecule has 0 aliphatic carbocycles. The van der Waals surface area contributed by atoms with Gasteiger partial charge in [0, 0.05) is 6.04 Å². The highest BCUT2D eigenvalue weighted by Gasteiger charge is 2.17. The lowest BCUT2D eigenvalue weighted by Crippen LogP contribution is -2.39. The molecule has 0 saturated heterocycles. The molecule has 1 unspecified atom stereocenters. The van der Waals surface area contributed by atoms with E-state index in [1.54, 1.807) is 0 Å². The standard InChI is InChI=1S/C12H25NO2/c1-7-10(9(2)3)13-8-11(14)15-12(4,5)6/h9-10,13H,7-8H2,1-6H3. The summed E-state index contributed by atoms with van der Waals surface area (Å²) in [6, 6.07) is 0.387. The Morgan fingerprint density at radius 3 is 2.20 bits per heavy atom. The van der Waals surface area contributed by atoms with Gasteiger partial charge in [-0.2, -0.15) is 0 Å². The second kappa shape index (κ2) is 6.11. The Morgan fingerprint density at radius 1 is 1.33 bits per heavy atom. The number of hydrogen-bond donors (Lipinski definition) is 1. The van der Waals surface area contributed by atoms with Crippen molar-refractivity contribution >= 4 is 5.97 Å². The van der Waals surface area contributed by atoms with Gasteiger partial charge in [-0.25, -0.2) is 0 Å². The second-order valence-corrected chi connectivity index (χ2v) is 5.23. The summed E-state index contributed by atoms with van der Waals surface area (Å²) in [5, 5.41) is 3.22. The van der Waals surface area contributed by atoms with Crippen LogP contribution in [0.15, 0.2) is 0 Å². The highest BCUT2D eigenvalue weighted by Crippen LogP contribution is 2.08.